The van der Waals surface area contributed by atoms with Crippen molar-refractivity contribution in [2.45, 2.75) is 38.4 Å². The number of carbonyl (C=O) groups is 1. The smallest absolute Gasteiger partial charge is 0.220 e. The van der Waals surface area contributed by atoms with Gasteiger partial charge >= 0.3 is 0 Å². The van der Waals surface area contributed by atoms with E-state index in [-0.39, 0.29) is 10.7 Å². The lowest BCUT2D eigenvalue weighted by atomic mass is 10.1. The number of benzene rings is 1. The molecule has 0 spiro atoms. The molecule has 0 unspecified atom stereocenters. The van der Waals surface area contributed by atoms with Crippen molar-refractivity contribution in [2.24, 2.45) is 0 Å². The minimum atomic E-state index is 0.0746. The molecule has 0 bridgehead atoms. The summed E-state index contributed by atoms with van der Waals surface area (Å²) in [7, 11) is 0. The van der Waals surface area contributed by atoms with E-state index in [2.05, 4.69) is 26.1 Å². The maximum atomic E-state index is 11.7. The molecule has 112 valence electrons. The average Bonchev–Trinajstić information content (AvgIpc) is 2.35. The highest BCUT2D eigenvalue weighted by Gasteiger charge is 2.10. The van der Waals surface area contributed by atoms with E-state index in [9.17, 15) is 4.79 Å². The summed E-state index contributed by atoms with van der Waals surface area (Å²) in [6, 6.07) is 5.47. The second kappa shape index (κ2) is 8.16. The van der Waals surface area contributed by atoms with Gasteiger partial charge in [0.15, 0.2) is 0 Å². The van der Waals surface area contributed by atoms with Crippen molar-refractivity contribution in [3.63, 3.8) is 0 Å². The van der Waals surface area contributed by atoms with E-state index in [1.54, 1.807) is 6.07 Å². The summed E-state index contributed by atoms with van der Waals surface area (Å²) in [5.41, 5.74) is 1.03. The molecule has 5 heteroatoms. The Hall–Kier alpha value is -0.380. The van der Waals surface area contributed by atoms with Gasteiger partial charge in [0.25, 0.3) is 0 Å². The number of aryl methyl sites for hydroxylation is 1. The van der Waals surface area contributed by atoms with Crippen molar-refractivity contribution in [2.75, 3.05) is 12.3 Å². The van der Waals surface area contributed by atoms with Gasteiger partial charge in [-0.2, -0.15) is 11.8 Å². The molecular weight excluding hydrogens is 313 g/mol. The highest BCUT2D eigenvalue weighted by Crippen LogP contribution is 2.23. The topological polar surface area (TPSA) is 29.1 Å². The normalized spacial score (nSPS) is 11.4. The fourth-order valence-corrected chi connectivity index (χ4v) is 2.73. The summed E-state index contributed by atoms with van der Waals surface area (Å²) < 4.78 is 0.241. The molecule has 1 amide bonds. The third-order valence-corrected chi connectivity index (χ3v) is 4.60. The number of amides is 1. The summed E-state index contributed by atoms with van der Waals surface area (Å²) in [5.74, 6) is 1.01. The molecule has 0 saturated carbocycles. The Morgan fingerprint density at radius 3 is 2.55 bits per heavy atom. The molecule has 1 aromatic carbocycles. The van der Waals surface area contributed by atoms with E-state index in [1.807, 2.05) is 23.9 Å². The van der Waals surface area contributed by atoms with Crippen LogP contribution >= 0.6 is 35.0 Å². The maximum Gasteiger partial charge on any atom is 0.220 e. The SMILES string of the molecule is CC(C)(C)SCCNC(=O)CCc1ccc(Cl)c(Cl)c1. The number of halogens is 2. The number of hydrogen-bond donors (Lipinski definition) is 1. The Morgan fingerprint density at radius 1 is 1.25 bits per heavy atom. The van der Waals surface area contributed by atoms with Crippen LogP contribution in [0, 0.1) is 0 Å². The Labute approximate surface area is 135 Å². The van der Waals surface area contributed by atoms with Gasteiger partial charge in [-0.25, -0.2) is 0 Å². The van der Waals surface area contributed by atoms with Gasteiger partial charge in [0.2, 0.25) is 5.91 Å². The summed E-state index contributed by atoms with van der Waals surface area (Å²) in [6.45, 7) is 7.22. The van der Waals surface area contributed by atoms with Gasteiger partial charge in [0, 0.05) is 23.5 Å². The highest BCUT2D eigenvalue weighted by molar-refractivity contribution is 8.00. The van der Waals surface area contributed by atoms with Crippen molar-refractivity contribution < 1.29 is 4.79 Å². The summed E-state index contributed by atoms with van der Waals surface area (Å²) in [4.78, 5) is 11.7. The van der Waals surface area contributed by atoms with Crippen LogP contribution in [0.4, 0.5) is 0 Å². The molecular formula is C15H21Cl2NOS. The number of hydrogen-bond acceptors (Lipinski definition) is 2. The van der Waals surface area contributed by atoms with Crippen LogP contribution in [0.5, 0.6) is 0 Å². The number of thioether (sulfide) groups is 1. The molecule has 0 aromatic heterocycles. The monoisotopic (exact) mass is 333 g/mol. The lowest BCUT2D eigenvalue weighted by Crippen LogP contribution is -2.27. The molecule has 0 aliphatic rings. The van der Waals surface area contributed by atoms with Crippen LogP contribution in [0.15, 0.2) is 18.2 Å². The summed E-state index contributed by atoms with van der Waals surface area (Å²) in [6.07, 6.45) is 1.15. The van der Waals surface area contributed by atoms with Gasteiger partial charge in [0.1, 0.15) is 0 Å². The van der Waals surface area contributed by atoms with Crippen molar-refractivity contribution in [1.82, 2.24) is 5.32 Å². The van der Waals surface area contributed by atoms with E-state index in [0.717, 1.165) is 11.3 Å². The highest BCUT2D eigenvalue weighted by atomic mass is 35.5. The second-order valence-corrected chi connectivity index (χ2v) is 8.30. The number of nitrogens with one attached hydrogen (secondary N) is 1. The van der Waals surface area contributed by atoms with Crippen molar-refractivity contribution >= 4 is 40.9 Å². The number of rotatable bonds is 6. The number of carbonyl (C=O) groups excluding carboxylic acids is 1. The van der Waals surface area contributed by atoms with Crippen LogP contribution in [-0.2, 0) is 11.2 Å². The first-order valence-electron chi connectivity index (χ1n) is 6.62. The van der Waals surface area contributed by atoms with Crippen LogP contribution in [0.1, 0.15) is 32.8 Å². The lowest BCUT2D eigenvalue weighted by molar-refractivity contribution is -0.120. The molecule has 0 heterocycles. The van der Waals surface area contributed by atoms with Crippen LogP contribution in [-0.4, -0.2) is 23.0 Å². The molecule has 0 aliphatic heterocycles. The van der Waals surface area contributed by atoms with Crippen molar-refractivity contribution in [3.05, 3.63) is 33.8 Å². The predicted octanol–water partition coefficient (Wildman–Crippen LogP) is 4.57. The molecule has 0 fully saturated rings. The Bertz CT molecular complexity index is 458. The molecule has 2 nitrogen and oxygen atoms in total. The minimum Gasteiger partial charge on any atom is -0.355 e. The maximum absolute atomic E-state index is 11.7. The van der Waals surface area contributed by atoms with Gasteiger partial charge in [-0.1, -0.05) is 50.0 Å². The van der Waals surface area contributed by atoms with Gasteiger partial charge in [-0.15, -0.1) is 0 Å². The molecule has 1 rings (SSSR count). The fourth-order valence-electron chi connectivity index (χ4n) is 1.59. The van der Waals surface area contributed by atoms with Gasteiger partial charge in [-0.05, 0) is 24.1 Å². The van der Waals surface area contributed by atoms with E-state index in [0.29, 0.717) is 29.4 Å². The van der Waals surface area contributed by atoms with Gasteiger partial charge in [0.05, 0.1) is 10.0 Å². The molecule has 0 aliphatic carbocycles. The van der Waals surface area contributed by atoms with E-state index >= 15 is 0 Å². The van der Waals surface area contributed by atoms with Crippen molar-refractivity contribution in [1.29, 1.82) is 0 Å². The minimum absolute atomic E-state index is 0.0746. The fraction of sp³-hybridized carbons (Fsp3) is 0.533. The lowest BCUT2D eigenvalue weighted by Gasteiger charge is -2.17. The molecule has 1 aromatic rings. The zero-order valence-electron chi connectivity index (χ0n) is 12.1. The average molecular weight is 334 g/mol. The van der Waals surface area contributed by atoms with E-state index < -0.39 is 0 Å². The Kier molecular flexibility index (Phi) is 7.21. The van der Waals surface area contributed by atoms with E-state index in [1.165, 1.54) is 0 Å². The van der Waals surface area contributed by atoms with E-state index in [4.69, 9.17) is 23.2 Å². The van der Waals surface area contributed by atoms with Gasteiger partial charge < -0.3 is 5.32 Å². The quantitative estimate of drug-likeness (QED) is 0.772. The third-order valence-electron chi connectivity index (χ3n) is 2.58. The largest absolute Gasteiger partial charge is 0.355 e. The first-order chi connectivity index (χ1) is 9.28. The predicted molar refractivity (Wildman–Crippen MR) is 90.0 cm³/mol. The standard InChI is InChI=1S/C15H21Cl2NOS/c1-15(2,3)20-9-8-18-14(19)7-5-11-4-6-12(16)13(17)10-11/h4,6,10H,5,7-9H2,1-3H3,(H,18,19). The zero-order chi connectivity index (χ0) is 15.2. The molecule has 20 heavy (non-hydrogen) atoms. The van der Waals surface area contributed by atoms with Crippen LogP contribution < -0.4 is 5.32 Å². The molecule has 0 atom stereocenters. The Morgan fingerprint density at radius 2 is 1.95 bits per heavy atom. The molecule has 0 saturated heterocycles. The molecule has 0 radical (unpaired) electrons. The third kappa shape index (κ3) is 7.41. The first kappa shape index (κ1) is 17.7. The van der Waals surface area contributed by atoms with Gasteiger partial charge in [-0.3, -0.25) is 4.79 Å². The second-order valence-electron chi connectivity index (χ2n) is 5.56. The molecule has 1 N–H and O–H groups in total. The van der Waals surface area contributed by atoms with Crippen LogP contribution in [0.25, 0.3) is 0 Å². The summed E-state index contributed by atoms with van der Waals surface area (Å²) in [5, 5.41) is 4.01. The first-order valence-corrected chi connectivity index (χ1v) is 8.37. The summed E-state index contributed by atoms with van der Waals surface area (Å²) >= 11 is 13.6. The van der Waals surface area contributed by atoms with Crippen LogP contribution in [0.3, 0.4) is 0 Å². The van der Waals surface area contributed by atoms with Crippen molar-refractivity contribution in [3.8, 4) is 0 Å². The van der Waals surface area contributed by atoms with Crippen LogP contribution in [0.2, 0.25) is 10.0 Å². The zero-order valence-corrected chi connectivity index (χ0v) is 14.5. The Balaban J connectivity index is 2.24.